The van der Waals surface area contributed by atoms with Gasteiger partial charge in [0.25, 0.3) is 0 Å². The number of aromatic nitrogens is 2. The number of amides is 1. The maximum Gasteiger partial charge on any atom is 0.316 e. The van der Waals surface area contributed by atoms with Crippen LogP contribution in [0.25, 0.3) is 0 Å². The molecule has 1 fully saturated rings. The highest BCUT2D eigenvalue weighted by molar-refractivity contribution is 6.30. The van der Waals surface area contributed by atoms with Gasteiger partial charge in [-0.3, -0.25) is 14.3 Å². The Bertz CT molecular complexity index is 457. The van der Waals surface area contributed by atoms with Crippen LogP contribution in [0.15, 0.2) is 6.20 Å². The quantitative estimate of drug-likeness (QED) is 0.716. The van der Waals surface area contributed by atoms with Crippen LogP contribution in [-0.4, -0.2) is 33.3 Å². The Morgan fingerprint density at radius 1 is 1.75 bits per heavy atom. The highest BCUT2D eigenvalue weighted by Crippen LogP contribution is 2.33. The Labute approximate surface area is 96.2 Å². The van der Waals surface area contributed by atoms with Gasteiger partial charge >= 0.3 is 5.97 Å². The van der Waals surface area contributed by atoms with Crippen LogP contribution in [0.2, 0.25) is 5.15 Å². The number of halogens is 1. The molecule has 0 aromatic carbocycles. The van der Waals surface area contributed by atoms with Crippen molar-refractivity contribution in [1.82, 2.24) is 15.1 Å². The second kappa shape index (κ2) is 3.79. The van der Waals surface area contributed by atoms with Crippen LogP contribution < -0.4 is 5.32 Å². The summed E-state index contributed by atoms with van der Waals surface area (Å²) in [6.45, 7) is 0.279. The Hall–Kier alpha value is -1.56. The Kier molecular flexibility index (Phi) is 2.59. The fourth-order valence-corrected chi connectivity index (χ4v) is 2.12. The molecule has 2 heterocycles. The van der Waals surface area contributed by atoms with Gasteiger partial charge in [-0.25, -0.2) is 0 Å². The Morgan fingerprint density at radius 3 is 2.94 bits per heavy atom. The molecule has 2 rings (SSSR count). The molecule has 1 amide bonds. The van der Waals surface area contributed by atoms with Crippen LogP contribution in [0.4, 0.5) is 0 Å². The lowest BCUT2D eigenvalue weighted by Crippen LogP contribution is -2.26. The molecule has 1 aromatic rings. The maximum absolute atomic E-state index is 11.4. The smallest absolute Gasteiger partial charge is 0.316 e. The fourth-order valence-electron chi connectivity index (χ4n) is 1.88. The Balaban J connectivity index is 2.37. The second-order valence-electron chi connectivity index (χ2n) is 3.68. The predicted molar refractivity (Wildman–Crippen MR) is 55.1 cm³/mol. The summed E-state index contributed by atoms with van der Waals surface area (Å²) in [6.07, 6.45) is 1.50. The fraction of sp³-hybridized carbons (Fsp3) is 0.444. The molecule has 0 bridgehead atoms. The summed E-state index contributed by atoms with van der Waals surface area (Å²) in [7, 11) is 1.66. The summed E-state index contributed by atoms with van der Waals surface area (Å²) in [5, 5.41) is 15.8. The van der Waals surface area contributed by atoms with Crippen molar-refractivity contribution in [3.05, 3.63) is 16.9 Å². The topological polar surface area (TPSA) is 84.2 Å². The van der Waals surface area contributed by atoms with Crippen LogP contribution in [-0.2, 0) is 16.6 Å². The normalized spacial score (nSPS) is 24.5. The molecule has 0 spiro atoms. The van der Waals surface area contributed by atoms with Crippen molar-refractivity contribution in [2.45, 2.75) is 5.92 Å². The zero-order valence-electron chi connectivity index (χ0n) is 8.48. The molecule has 0 saturated carbocycles. The van der Waals surface area contributed by atoms with Crippen LogP contribution >= 0.6 is 11.6 Å². The number of aliphatic carboxylic acids is 1. The van der Waals surface area contributed by atoms with Crippen LogP contribution in [0.3, 0.4) is 0 Å². The van der Waals surface area contributed by atoms with Gasteiger partial charge in [0, 0.05) is 25.1 Å². The summed E-state index contributed by atoms with van der Waals surface area (Å²) in [5.74, 6) is -3.15. The standard InChI is InChI=1S/C9H10ClN3O3/c1-13-7(10)5(3-12-13)4-2-11-8(14)6(4)9(15)16/h3-4,6H,2H2,1H3,(H,11,14)(H,15,16)/t4-,6-/m1/s1. The minimum atomic E-state index is -1.14. The highest BCUT2D eigenvalue weighted by atomic mass is 35.5. The first-order valence-electron chi connectivity index (χ1n) is 4.70. The van der Waals surface area contributed by atoms with E-state index in [0.717, 1.165) is 0 Å². The van der Waals surface area contributed by atoms with Crippen LogP contribution in [0.5, 0.6) is 0 Å². The van der Waals surface area contributed by atoms with Crippen molar-refractivity contribution in [3.63, 3.8) is 0 Å². The van der Waals surface area contributed by atoms with Crippen molar-refractivity contribution in [2.75, 3.05) is 6.54 Å². The Morgan fingerprint density at radius 2 is 2.44 bits per heavy atom. The number of carbonyl (C=O) groups excluding carboxylic acids is 1. The molecule has 2 atom stereocenters. The number of carbonyl (C=O) groups is 2. The number of carboxylic acids is 1. The number of rotatable bonds is 2. The third-order valence-electron chi connectivity index (χ3n) is 2.74. The van der Waals surface area contributed by atoms with E-state index in [1.54, 1.807) is 7.05 Å². The van der Waals surface area contributed by atoms with E-state index in [0.29, 0.717) is 10.7 Å². The molecule has 1 aliphatic rings. The largest absolute Gasteiger partial charge is 0.481 e. The van der Waals surface area contributed by atoms with E-state index in [1.807, 2.05) is 0 Å². The number of carboxylic acid groups (broad SMARTS) is 1. The minimum Gasteiger partial charge on any atom is -0.481 e. The van der Waals surface area contributed by atoms with Crippen LogP contribution in [0.1, 0.15) is 11.5 Å². The lowest BCUT2D eigenvalue weighted by atomic mass is 9.90. The van der Waals surface area contributed by atoms with Gasteiger partial charge in [0.2, 0.25) is 5.91 Å². The van der Waals surface area contributed by atoms with E-state index >= 15 is 0 Å². The number of hydrogen-bond acceptors (Lipinski definition) is 3. The van der Waals surface area contributed by atoms with Gasteiger partial charge in [0.1, 0.15) is 11.1 Å². The zero-order valence-corrected chi connectivity index (χ0v) is 9.23. The lowest BCUT2D eigenvalue weighted by molar-refractivity contribution is -0.145. The molecule has 16 heavy (non-hydrogen) atoms. The van der Waals surface area contributed by atoms with Gasteiger partial charge in [0.05, 0.1) is 6.20 Å². The van der Waals surface area contributed by atoms with Crippen molar-refractivity contribution in [2.24, 2.45) is 13.0 Å². The predicted octanol–water partition coefficient (Wildman–Crippen LogP) is -0.0123. The first kappa shape index (κ1) is 10.9. The number of hydrogen-bond donors (Lipinski definition) is 2. The molecule has 86 valence electrons. The van der Waals surface area contributed by atoms with Crippen molar-refractivity contribution in [3.8, 4) is 0 Å². The first-order valence-corrected chi connectivity index (χ1v) is 5.08. The van der Waals surface area contributed by atoms with E-state index in [4.69, 9.17) is 16.7 Å². The van der Waals surface area contributed by atoms with Crippen molar-refractivity contribution >= 4 is 23.5 Å². The number of nitrogens with zero attached hydrogens (tertiary/aromatic N) is 2. The zero-order chi connectivity index (χ0) is 11.9. The second-order valence-corrected chi connectivity index (χ2v) is 4.04. The molecular weight excluding hydrogens is 234 g/mol. The third kappa shape index (κ3) is 1.55. The van der Waals surface area contributed by atoms with E-state index < -0.39 is 23.7 Å². The molecule has 6 nitrogen and oxygen atoms in total. The van der Waals surface area contributed by atoms with Gasteiger partial charge < -0.3 is 10.4 Å². The average Bonchev–Trinajstić information content (AvgIpc) is 2.72. The number of aryl methyl sites for hydroxylation is 1. The molecule has 1 aliphatic heterocycles. The summed E-state index contributed by atoms with van der Waals surface area (Å²) in [6, 6.07) is 0. The summed E-state index contributed by atoms with van der Waals surface area (Å²) < 4.78 is 1.44. The molecule has 0 unspecified atom stereocenters. The summed E-state index contributed by atoms with van der Waals surface area (Å²) in [4.78, 5) is 22.3. The van der Waals surface area contributed by atoms with Crippen LogP contribution in [0, 0.1) is 5.92 Å². The van der Waals surface area contributed by atoms with E-state index in [1.165, 1.54) is 10.9 Å². The average molecular weight is 244 g/mol. The molecule has 0 aliphatic carbocycles. The maximum atomic E-state index is 11.4. The van der Waals surface area contributed by atoms with Gasteiger partial charge in [-0.15, -0.1) is 0 Å². The first-order chi connectivity index (χ1) is 7.52. The van der Waals surface area contributed by atoms with E-state index in [-0.39, 0.29) is 6.54 Å². The van der Waals surface area contributed by atoms with Gasteiger partial charge in [-0.1, -0.05) is 11.6 Å². The molecular formula is C9H10ClN3O3. The molecule has 1 saturated heterocycles. The lowest BCUT2D eigenvalue weighted by Gasteiger charge is -2.11. The highest BCUT2D eigenvalue weighted by Gasteiger charge is 2.42. The molecule has 0 radical (unpaired) electrons. The van der Waals surface area contributed by atoms with Gasteiger partial charge in [0.15, 0.2) is 0 Å². The van der Waals surface area contributed by atoms with Gasteiger partial charge in [-0.2, -0.15) is 5.10 Å². The number of nitrogens with one attached hydrogen (secondary N) is 1. The molecule has 1 aromatic heterocycles. The van der Waals surface area contributed by atoms with E-state index in [2.05, 4.69) is 10.4 Å². The summed E-state index contributed by atoms with van der Waals surface area (Å²) in [5.41, 5.74) is 0.593. The monoisotopic (exact) mass is 243 g/mol. The minimum absolute atomic E-state index is 0.279. The third-order valence-corrected chi connectivity index (χ3v) is 3.20. The molecule has 7 heteroatoms. The summed E-state index contributed by atoms with van der Waals surface area (Å²) >= 11 is 5.97. The molecule has 2 N–H and O–H groups in total. The van der Waals surface area contributed by atoms with E-state index in [9.17, 15) is 9.59 Å². The van der Waals surface area contributed by atoms with Crippen molar-refractivity contribution < 1.29 is 14.7 Å². The van der Waals surface area contributed by atoms with Gasteiger partial charge in [-0.05, 0) is 0 Å². The van der Waals surface area contributed by atoms with Crippen molar-refractivity contribution in [1.29, 1.82) is 0 Å². The SMILES string of the molecule is Cn1ncc([C@H]2CNC(=O)[C@@H]2C(=O)O)c1Cl.